The number of aliphatic carboxylic acids is 1. The van der Waals surface area contributed by atoms with Crippen molar-refractivity contribution in [2.75, 3.05) is 12.1 Å². The Morgan fingerprint density at radius 3 is 2.47 bits per heavy atom. The van der Waals surface area contributed by atoms with Crippen LogP contribution in [0.2, 0.25) is 0 Å². The third kappa shape index (κ3) is 5.25. The molecule has 0 fully saturated rings. The quantitative estimate of drug-likeness (QED) is 0.319. The largest absolute Gasteiger partial charge is 0.490 e. The second-order valence-corrected chi connectivity index (χ2v) is 6.39. The number of rotatable bonds is 3. The highest BCUT2D eigenvalue weighted by molar-refractivity contribution is 6.10. The van der Waals surface area contributed by atoms with E-state index in [4.69, 9.17) is 25.2 Å². The van der Waals surface area contributed by atoms with Gasteiger partial charge in [-0.2, -0.15) is 18.3 Å². The first kappa shape index (κ1) is 22.4. The number of benzene rings is 3. The van der Waals surface area contributed by atoms with Crippen LogP contribution in [0.4, 0.5) is 18.9 Å². The number of carbonyl (C=O) groups is 2. The summed E-state index contributed by atoms with van der Waals surface area (Å²) in [5.74, 6) is 3.47. The van der Waals surface area contributed by atoms with Crippen LogP contribution in [0.5, 0.6) is 11.5 Å². The molecule has 0 saturated heterocycles. The van der Waals surface area contributed by atoms with Crippen molar-refractivity contribution in [3.05, 3.63) is 65.7 Å². The van der Waals surface area contributed by atoms with Gasteiger partial charge in [0.25, 0.3) is 5.91 Å². The van der Waals surface area contributed by atoms with Crippen LogP contribution in [-0.4, -0.2) is 36.2 Å². The Bertz CT molecular complexity index is 1200. The molecule has 3 aromatic carbocycles. The average Bonchev–Trinajstić information content (AvgIpc) is 3.22. The highest BCUT2D eigenvalue weighted by atomic mass is 19.4. The molecule has 1 amide bonds. The molecule has 0 atom stereocenters. The molecule has 0 bridgehead atoms. The molecule has 32 heavy (non-hydrogen) atoms. The van der Waals surface area contributed by atoms with Crippen LogP contribution in [-0.2, 0) is 4.79 Å². The highest BCUT2D eigenvalue weighted by Crippen LogP contribution is 2.33. The van der Waals surface area contributed by atoms with Crippen molar-refractivity contribution < 1.29 is 37.3 Å². The average molecular weight is 447 g/mol. The fourth-order valence-electron chi connectivity index (χ4n) is 2.80. The molecule has 4 N–H and O–H groups in total. The number of fused-ring (bicyclic) bond motifs is 2. The number of alkyl halides is 3. The Kier molecular flexibility index (Phi) is 6.47. The molecule has 1 aliphatic heterocycles. The number of hydrogen-bond donors (Lipinski definition) is 3. The van der Waals surface area contributed by atoms with Gasteiger partial charge in [-0.25, -0.2) is 4.79 Å². The molecule has 1 heterocycles. The maximum Gasteiger partial charge on any atom is 0.490 e. The number of anilines is 1. The molecule has 166 valence electrons. The number of hydrazone groups is 1. The van der Waals surface area contributed by atoms with Crippen LogP contribution in [0.1, 0.15) is 15.9 Å². The Balaban J connectivity index is 0.000000360. The van der Waals surface area contributed by atoms with Gasteiger partial charge in [0.05, 0.1) is 6.21 Å². The van der Waals surface area contributed by atoms with Crippen molar-refractivity contribution >= 4 is 34.6 Å². The highest BCUT2D eigenvalue weighted by Gasteiger charge is 2.38. The summed E-state index contributed by atoms with van der Waals surface area (Å²) in [5, 5.41) is 15.5. The number of halogens is 3. The third-order valence-electron chi connectivity index (χ3n) is 4.26. The van der Waals surface area contributed by atoms with Crippen LogP contribution in [0.25, 0.3) is 10.8 Å². The van der Waals surface area contributed by atoms with Gasteiger partial charge in [0.15, 0.2) is 11.5 Å². The molecule has 0 aliphatic carbocycles. The molecule has 3 aromatic rings. The number of carboxylic acids is 1. The minimum atomic E-state index is -5.08. The topological polar surface area (TPSA) is 123 Å². The van der Waals surface area contributed by atoms with Crippen molar-refractivity contribution in [3.8, 4) is 11.5 Å². The lowest BCUT2D eigenvalue weighted by molar-refractivity contribution is -0.192. The van der Waals surface area contributed by atoms with Crippen molar-refractivity contribution in [1.82, 2.24) is 0 Å². The van der Waals surface area contributed by atoms with E-state index in [1.165, 1.54) is 0 Å². The number of ether oxygens (including phenoxy) is 2. The first-order valence-electron chi connectivity index (χ1n) is 8.96. The van der Waals surface area contributed by atoms with E-state index in [1.807, 2.05) is 36.4 Å². The lowest BCUT2D eigenvalue weighted by atomic mass is 10.1. The van der Waals surface area contributed by atoms with E-state index in [0.29, 0.717) is 22.7 Å². The zero-order valence-corrected chi connectivity index (χ0v) is 16.2. The Labute approximate surface area is 179 Å². The normalized spacial score (nSPS) is 12.3. The van der Waals surface area contributed by atoms with E-state index in [2.05, 4.69) is 10.4 Å². The summed E-state index contributed by atoms with van der Waals surface area (Å²) in [7, 11) is 0. The van der Waals surface area contributed by atoms with Gasteiger partial charge in [0.1, 0.15) is 0 Å². The molecule has 11 heteroatoms. The summed E-state index contributed by atoms with van der Waals surface area (Å²) in [6, 6.07) is 16.7. The fourth-order valence-corrected chi connectivity index (χ4v) is 2.80. The predicted octanol–water partition coefficient (Wildman–Crippen LogP) is 3.75. The summed E-state index contributed by atoms with van der Waals surface area (Å²) in [5.41, 5.74) is 2.08. The van der Waals surface area contributed by atoms with E-state index < -0.39 is 12.1 Å². The predicted molar refractivity (Wildman–Crippen MR) is 110 cm³/mol. The van der Waals surface area contributed by atoms with Gasteiger partial charge >= 0.3 is 12.1 Å². The van der Waals surface area contributed by atoms with Gasteiger partial charge < -0.3 is 25.7 Å². The summed E-state index contributed by atoms with van der Waals surface area (Å²) in [4.78, 5) is 21.5. The zero-order valence-electron chi connectivity index (χ0n) is 16.2. The molecular formula is C21H16F3N3O5. The van der Waals surface area contributed by atoms with Crippen LogP contribution < -0.4 is 20.6 Å². The molecule has 0 radical (unpaired) electrons. The van der Waals surface area contributed by atoms with Gasteiger partial charge in [-0.3, -0.25) is 4.79 Å². The second-order valence-electron chi connectivity index (χ2n) is 6.39. The smallest absolute Gasteiger partial charge is 0.475 e. The van der Waals surface area contributed by atoms with Crippen LogP contribution in [0, 0.1) is 0 Å². The van der Waals surface area contributed by atoms with Gasteiger partial charge in [-0.15, -0.1) is 0 Å². The van der Waals surface area contributed by atoms with Crippen molar-refractivity contribution in [1.29, 1.82) is 0 Å². The maximum atomic E-state index is 12.6. The Morgan fingerprint density at radius 2 is 1.78 bits per heavy atom. The first-order valence-corrected chi connectivity index (χ1v) is 8.96. The summed E-state index contributed by atoms with van der Waals surface area (Å²) in [6.45, 7) is 0.176. The van der Waals surface area contributed by atoms with Gasteiger partial charge in [-0.1, -0.05) is 24.3 Å². The number of carbonyl (C=O) groups excluding carboxylic acids is 1. The van der Waals surface area contributed by atoms with Crippen LogP contribution in [0.3, 0.4) is 0 Å². The van der Waals surface area contributed by atoms with Gasteiger partial charge in [0, 0.05) is 16.6 Å². The van der Waals surface area contributed by atoms with E-state index in [-0.39, 0.29) is 12.7 Å². The summed E-state index contributed by atoms with van der Waals surface area (Å²) < 4.78 is 42.3. The fraction of sp³-hybridized carbons (Fsp3) is 0.0952. The van der Waals surface area contributed by atoms with Gasteiger partial charge in [-0.05, 0) is 41.3 Å². The minimum Gasteiger partial charge on any atom is -0.475 e. The van der Waals surface area contributed by atoms with E-state index in [9.17, 15) is 18.0 Å². The number of carboxylic acid groups (broad SMARTS) is 1. The van der Waals surface area contributed by atoms with Gasteiger partial charge in [0.2, 0.25) is 6.79 Å². The summed E-state index contributed by atoms with van der Waals surface area (Å²) >= 11 is 0. The van der Waals surface area contributed by atoms with Crippen LogP contribution >= 0.6 is 0 Å². The first-order chi connectivity index (χ1) is 15.2. The number of nitrogens with one attached hydrogen (secondary N) is 1. The number of nitrogens with zero attached hydrogens (tertiary/aromatic N) is 1. The van der Waals surface area contributed by atoms with E-state index >= 15 is 0 Å². The third-order valence-corrected chi connectivity index (χ3v) is 4.26. The number of hydrogen-bond acceptors (Lipinski definition) is 6. The standard InChI is InChI=1S/C19H15N3O3.C2HF3O2/c20-21-10-12-4-5-13-2-1-3-16(15(13)8-12)22-19(23)14-6-7-17-18(9-14)25-11-24-17;3-2(4,5)1(6)7/h1-10H,11,20H2,(H,22,23);(H,6,7). The summed E-state index contributed by atoms with van der Waals surface area (Å²) in [6.07, 6.45) is -3.52. The van der Waals surface area contributed by atoms with Crippen molar-refractivity contribution in [2.24, 2.45) is 10.9 Å². The number of nitrogens with two attached hydrogens (primary N) is 1. The van der Waals surface area contributed by atoms with E-state index in [0.717, 1.165) is 16.3 Å². The monoisotopic (exact) mass is 447 g/mol. The minimum absolute atomic E-state index is 0.176. The molecule has 0 spiro atoms. The lowest BCUT2D eigenvalue weighted by Gasteiger charge is -2.10. The SMILES string of the molecule is NN=Cc1ccc2cccc(NC(=O)c3ccc4c(c3)OCO4)c2c1.O=C(O)C(F)(F)F. The molecule has 8 nitrogen and oxygen atoms in total. The Morgan fingerprint density at radius 1 is 1.06 bits per heavy atom. The molecule has 0 saturated carbocycles. The zero-order chi connectivity index (χ0) is 23.3. The maximum absolute atomic E-state index is 12.6. The van der Waals surface area contributed by atoms with Crippen LogP contribution in [0.15, 0.2) is 59.7 Å². The molecule has 0 aromatic heterocycles. The second kappa shape index (κ2) is 9.25. The molecular weight excluding hydrogens is 431 g/mol. The number of amides is 1. The molecule has 0 unspecified atom stereocenters. The van der Waals surface area contributed by atoms with E-state index in [1.54, 1.807) is 24.4 Å². The lowest BCUT2D eigenvalue weighted by Crippen LogP contribution is -2.21. The van der Waals surface area contributed by atoms with Crippen molar-refractivity contribution in [3.63, 3.8) is 0 Å². The Hall–Kier alpha value is -4.28. The molecule has 4 rings (SSSR count). The van der Waals surface area contributed by atoms with Crippen molar-refractivity contribution in [2.45, 2.75) is 6.18 Å². The molecule has 1 aliphatic rings.